The first kappa shape index (κ1) is 34.2. The Morgan fingerprint density at radius 3 is 2.00 bits per heavy atom. The van der Waals surface area contributed by atoms with Crippen LogP contribution in [0, 0.1) is 0 Å². The first-order valence-electron chi connectivity index (χ1n) is 13.4. The van der Waals surface area contributed by atoms with Gasteiger partial charge in [0, 0.05) is 6.42 Å². The summed E-state index contributed by atoms with van der Waals surface area (Å²) in [6.07, 6.45) is 19.1. The highest BCUT2D eigenvalue weighted by molar-refractivity contribution is 7.45. The van der Waals surface area contributed by atoms with Crippen molar-refractivity contribution in [2.75, 3.05) is 47.5 Å². The summed E-state index contributed by atoms with van der Waals surface area (Å²) in [4.78, 5) is 23.5. The Hall–Kier alpha value is -0.760. The van der Waals surface area contributed by atoms with Crippen molar-refractivity contribution in [2.24, 2.45) is 0 Å². The third kappa shape index (κ3) is 26.1. The molecule has 0 bridgehead atoms. The minimum atomic E-state index is -4.49. The second kappa shape index (κ2) is 21.3. The molecular formula is C26H52NO7P. The molecule has 9 heteroatoms. The summed E-state index contributed by atoms with van der Waals surface area (Å²) in [5.74, 6) is -0.391. The van der Waals surface area contributed by atoms with E-state index >= 15 is 0 Å². The molecule has 0 aliphatic heterocycles. The zero-order valence-corrected chi connectivity index (χ0v) is 23.6. The molecule has 0 heterocycles. The van der Waals surface area contributed by atoms with Gasteiger partial charge in [0.1, 0.15) is 25.9 Å². The molecule has 0 saturated heterocycles. The van der Waals surface area contributed by atoms with E-state index in [1.807, 2.05) is 21.1 Å². The summed E-state index contributed by atoms with van der Waals surface area (Å²) < 4.78 is 26.7. The van der Waals surface area contributed by atoms with Crippen LogP contribution in [0.25, 0.3) is 0 Å². The molecule has 0 radical (unpaired) electrons. The zero-order valence-electron chi connectivity index (χ0n) is 22.8. The lowest BCUT2D eigenvalue weighted by Gasteiger charge is -2.27. The van der Waals surface area contributed by atoms with Gasteiger partial charge in [-0.3, -0.25) is 9.36 Å². The molecule has 0 rings (SSSR count). The fourth-order valence-electron chi connectivity index (χ4n) is 3.28. The number of phosphoric ester groups is 1. The molecule has 1 unspecified atom stereocenters. The van der Waals surface area contributed by atoms with E-state index in [-0.39, 0.29) is 13.2 Å². The van der Waals surface area contributed by atoms with Gasteiger partial charge in [0.15, 0.2) is 0 Å². The number of hydrogen-bond acceptors (Lipinski definition) is 7. The smallest absolute Gasteiger partial charge is 0.305 e. The third-order valence-electron chi connectivity index (χ3n) is 5.52. The molecule has 0 aromatic carbocycles. The number of carbonyl (C=O) groups excluding carboxylic acids is 1. The minimum absolute atomic E-state index is 0.00751. The van der Waals surface area contributed by atoms with Crippen molar-refractivity contribution < 1.29 is 37.6 Å². The van der Waals surface area contributed by atoms with Crippen LogP contribution in [0.15, 0.2) is 12.2 Å². The number of unbranched alkanes of at least 4 members (excludes halogenated alkanes) is 11. The van der Waals surface area contributed by atoms with Crippen LogP contribution in [0.5, 0.6) is 0 Å². The van der Waals surface area contributed by atoms with Crippen LogP contribution in [-0.2, 0) is 23.1 Å². The number of allylic oxidation sites excluding steroid dienone is 2. The van der Waals surface area contributed by atoms with Gasteiger partial charge in [-0.1, -0.05) is 76.9 Å². The summed E-state index contributed by atoms with van der Waals surface area (Å²) in [7, 11) is 1.25. The molecule has 8 nitrogen and oxygen atoms in total. The van der Waals surface area contributed by atoms with Gasteiger partial charge in [0.2, 0.25) is 0 Å². The first-order chi connectivity index (χ1) is 16.6. The lowest BCUT2D eigenvalue weighted by molar-refractivity contribution is -0.870. The maximum atomic E-state index is 11.8. The van der Waals surface area contributed by atoms with Crippen molar-refractivity contribution in [1.82, 2.24) is 0 Å². The van der Waals surface area contributed by atoms with Crippen molar-refractivity contribution in [1.29, 1.82) is 0 Å². The monoisotopic (exact) mass is 521 g/mol. The van der Waals surface area contributed by atoms with E-state index in [0.29, 0.717) is 17.4 Å². The summed E-state index contributed by atoms with van der Waals surface area (Å²) in [6.45, 7) is 1.90. The molecule has 35 heavy (non-hydrogen) atoms. The average molecular weight is 522 g/mol. The van der Waals surface area contributed by atoms with Crippen molar-refractivity contribution in [3.63, 3.8) is 0 Å². The average Bonchev–Trinajstić information content (AvgIpc) is 2.78. The second-order valence-corrected chi connectivity index (χ2v) is 11.7. The van der Waals surface area contributed by atoms with E-state index in [9.17, 15) is 19.4 Å². The second-order valence-electron chi connectivity index (χ2n) is 10.3. The highest BCUT2D eigenvalue weighted by atomic mass is 31.2. The van der Waals surface area contributed by atoms with Gasteiger partial charge < -0.3 is 28.3 Å². The van der Waals surface area contributed by atoms with Crippen LogP contribution in [0.2, 0.25) is 0 Å². The van der Waals surface area contributed by atoms with Crippen LogP contribution in [0.1, 0.15) is 96.8 Å². The number of aliphatic hydroxyl groups is 1. The molecule has 0 aliphatic rings. The Labute approximate surface area is 214 Å². The lowest BCUT2D eigenvalue weighted by atomic mass is 10.1. The quantitative estimate of drug-likeness (QED) is 0.0617. The van der Waals surface area contributed by atoms with Gasteiger partial charge in [-0.05, 0) is 25.7 Å². The zero-order chi connectivity index (χ0) is 26.4. The van der Waals surface area contributed by atoms with E-state index in [1.165, 1.54) is 64.2 Å². The molecule has 0 amide bonds. The number of esters is 1. The van der Waals surface area contributed by atoms with Crippen LogP contribution in [-0.4, -0.2) is 69.2 Å². The number of nitrogens with zero attached hydrogens (tertiary/aromatic N) is 1. The van der Waals surface area contributed by atoms with Gasteiger partial charge in [0.25, 0.3) is 7.82 Å². The summed E-state index contributed by atoms with van der Waals surface area (Å²) >= 11 is 0. The maximum Gasteiger partial charge on any atom is 0.305 e. The van der Waals surface area contributed by atoms with Gasteiger partial charge in [-0.2, -0.15) is 0 Å². The first-order valence-corrected chi connectivity index (χ1v) is 14.9. The highest BCUT2D eigenvalue weighted by Crippen LogP contribution is 2.38. The number of likely N-dealkylation sites (N-methyl/N-ethyl adjacent to an activating group) is 1. The van der Waals surface area contributed by atoms with Gasteiger partial charge in [-0.15, -0.1) is 0 Å². The Balaban J connectivity index is 3.56. The molecule has 2 atom stereocenters. The maximum absolute atomic E-state index is 11.8. The van der Waals surface area contributed by atoms with Crippen LogP contribution >= 0.6 is 7.82 Å². The molecule has 208 valence electrons. The molecule has 0 fully saturated rings. The van der Waals surface area contributed by atoms with E-state index in [4.69, 9.17) is 9.26 Å². The van der Waals surface area contributed by atoms with Crippen molar-refractivity contribution in [3.8, 4) is 0 Å². The third-order valence-corrected chi connectivity index (χ3v) is 6.48. The Morgan fingerprint density at radius 1 is 0.886 bits per heavy atom. The van der Waals surface area contributed by atoms with Crippen LogP contribution < -0.4 is 4.89 Å². The van der Waals surface area contributed by atoms with E-state index in [0.717, 1.165) is 19.3 Å². The number of ether oxygens (including phenoxy) is 1. The fourth-order valence-corrected chi connectivity index (χ4v) is 4.01. The standard InChI is InChI=1S/C26H52NO7P/c1-5-6-7-8-9-10-11-12-13-14-15-16-17-18-19-20-26(29)32-23-25(28)24-34-35(30,31)33-22-21-27(2,3)4/h8-9,25,28H,5-7,10-24H2,1-4H3/b9-8+/t25-/m1/s1. The van der Waals surface area contributed by atoms with Crippen LogP contribution in [0.4, 0.5) is 0 Å². The van der Waals surface area contributed by atoms with E-state index in [2.05, 4.69) is 23.6 Å². The number of aliphatic hydroxyl groups excluding tert-OH is 1. The number of hydrogen-bond donors (Lipinski definition) is 1. The number of carbonyl (C=O) groups is 1. The van der Waals surface area contributed by atoms with Crippen molar-refractivity contribution >= 4 is 13.8 Å². The van der Waals surface area contributed by atoms with E-state index < -0.39 is 26.5 Å². The molecule has 0 aromatic heterocycles. The minimum Gasteiger partial charge on any atom is -0.756 e. The highest BCUT2D eigenvalue weighted by Gasteiger charge is 2.16. The fraction of sp³-hybridized carbons (Fsp3) is 0.885. The van der Waals surface area contributed by atoms with Gasteiger partial charge in [0.05, 0.1) is 27.7 Å². The number of quaternary nitrogens is 1. The largest absolute Gasteiger partial charge is 0.756 e. The molecule has 0 spiro atoms. The van der Waals surface area contributed by atoms with E-state index in [1.54, 1.807) is 0 Å². The van der Waals surface area contributed by atoms with Gasteiger partial charge in [-0.25, -0.2) is 0 Å². The molecule has 0 aliphatic carbocycles. The summed E-state index contributed by atoms with van der Waals surface area (Å²) in [5, 5.41) is 9.80. The SMILES string of the molecule is CCCC/C=C/CCCCCCCCCCCC(=O)OC[C@@H](O)COP(=O)([O-])OCC[N+](C)(C)C. The van der Waals surface area contributed by atoms with Crippen LogP contribution in [0.3, 0.4) is 0 Å². The normalized spacial score (nSPS) is 14.8. The number of rotatable bonds is 24. The van der Waals surface area contributed by atoms with Crippen molar-refractivity contribution in [3.05, 3.63) is 12.2 Å². The summed E-state index contributed by atoms with van der Waals surface area (Å²) in [6, 6.07) is 0. The Kier molecular flexibility index (Phi) is 20.9. The predicted molar refractivity (Wildman–Crippen MR) is 139 cm³/mol. The van der Waals surface area contributed by atoms with Gasteiger partial charge >= 0.3 is 5.97 Å². The molecule has 1 N–H and O–H groups in total. The molecule has 0 aromatic rings. The van der Waals surface area contributed by atoms with Crippen molar-refractivity contribution in [2.45, 2.75) is 103 Å². The topological polar surface area (TPSA) is 105 Å². The Bertz CT molecular complexity index is 593. The predicted octanol–water partition coefficient (Wildman–Crippen LogP) is 5.14. The summed E-state index contributed by atoms with van der Waals surface area (Å²) in [5.41, 5.74) is 0. The molecular weight excluding hydrogens is 469 g/mol. The molecule has 0 saturated carbocycles. The Morgan fingerprint density at radius 2 is 1.43 bits per heavy atom. The number of phosphoric acid groups is 1. The lowest BCUT2D eigenvalue weighted by Crippen LogP contribution is -2.37.